The van der Waals surface area contributed by atoms with E-state index in [1.54, 1.807) is 0 Å². The maximum Gasteiger partial charge on any atom is 0.314 e. The number of carbonyl (C=O) groups is 1. The van der Waals surface area contributed by atoms with Crippen LogP contribution in [0.25, 0.3) is 0 Å². The van der Waals surface area contributed by atoms with Crippen molar-refractivity contribution in [3.05, 3.63) is 29.8 Å². The van der Waals surface area contributed by atoms with Gasteiger partial charge in [-0.3, -0.25) is 0 Å². The molecule has 2 unspecified atom stereocenters. The van der Waals surface area contributed by atoms with Gasteiger partial charge in [-0.05, 0) is 44.2 Å². The normalized spacial score (nSPS) is 21.2. The number of nitrogens with one attached hydrogen (secondary N) is 2. The zero-order valence-corrected chi connectivity index (χ0v) is 13.2. The number of amides is 2. The van der Waals surface area contributed by atoms with Gasteiger partial charge in [0.25, 0.3) is 0 Å². The average molecular weight is 306 g/mol. The second-order valence-corrected chi connectivity index (χ2v) is 5.98. The number of hydrogen-bond acceptors (Lipinski definition) is 3. The first-order valence-corrected chi connectivity index (χ1v) is 8.02. The minimum absolute atomic E-state index is 0.174. The lowest BCUT2D eigenvalue weighted by Gasteiger charge is -2.25. The van der Waals surface area contributed by atoms with Gasteiger partial charge in [0, 0.05) is 6.54 Å². The van der Waals surface area contributed by atoms with E-state index in [1.165, 1.54) is 5.56 Å². The van der Waals surface area contributed by atoms with Crippen LogP contribution >= 0.6 is 0 Å². The van der Waals surface area contributed by atoms with E-state index in [4.69, 9.17) is 4.74 Å². The van der Waals surface area contributed by atoms with Crippen LogP contribution in [0.2, 0.25) is 0 Å². The third kappa shape index (κ3) is 5.93. The maximum atomic E-state index is 11.7. The Morgan fingerprint density at radius 2 is 2.05 bits per heavy atom. The number of aliphatic hydroxyl groups excluding tert-OH is 1. The molecule has 0 aromatic heterocycles. The molecular formula is C17H26N2O3. The van der Waals surface area contributed by atoms with E-state index in [9.17, 15) is 9.90 Å². The standard InChI is InChI=1S/C17H26N2O3/c1-13-5-7-16(8-6-13)22-10-9-18-17(21)19-12-14-3-2-4-15(20)11-14/h5-8,14-15,20H,2-4,9-12H2,1H3,(H2,18,19,21). The largest absolute Gasteiger partial charge is 0.492 e. The molecule has 122 valence electrons. The van der Waals surface area contributed by atoms with E-state index < -0.39 is 0 Å². The smallest absolute Gasteiger partial charge is 0.314 e. The van der Waals surface area contributed by atoms with Crippen molar-refractivity contribution in [3.8, 4) is 5.75 Å². The topological polar surface area (TPSA) is 70.6 Å². The van der Waals surface area contributed by atoms with Crippen molar-refractivity contribution in [1.82, 2.24) is 10.6 Å². The zero-order chi connectivity index (χ0) is 15.8. The van der Waals surface area contributed by atoms with E-state index in [-0.39, 0.29) is 12.1 Å². The molecule has 1 aromatic carbocycles. The van der Waals surface area contributed by atoms with E-state index in [1.807, 2.05) is 31.2 Å². The van der Waals surface area contributed by atoms with Gasteiger partial charge in [0.05, 0.1) is 12.6 Å². The third-order valence-electron chi connectivity index (χ3n) is 3.98. The number of aliphatic hydroxyl groups is 1. The molecule has 1 aromatic rings. The number of carbonyl (C=O) groups excluding carboxylic acids is 1. The van der Waals surface area contributed by atoms with Gasteiger partial charge in [-0.1, -0.05) is 24.1 Å². The van der Waals surface area contributed by atoms with Crippen molar-refractivity contribution >= 4 is 6.03 Å². The molecule has 1 fully saturated rings. The van der Waals surface area contributed by atoms with Gasteiger partial charge in [-0.25, -0.2) is 4.79 Å². The van der Waals surface area contributed by atoms with Crippen LogP contribution in [-0.4, -0.2) is 36.9 Å². The molecule has 0 aliphatic heterocycles. The third-order valence-corrected chi connectivity index (χ3v) is 3.98. The van der Waals surface area contributed by atoms with Gasteiger partial charge < -0.3 is 20.5 Å². The van der Waals surface area contributed by atoms with Crippen LogP contribution in [0, 0.1) is 12.8 Å². The Bertz CT molecular complexity index is 461. The van der Waals surface area contributed by atoms with Crippen LogP contribution in [0.4, 0.5) is 4.79 Å². The summed E-state index contributed by atoms with van der Waals surface area (Å²) in [6.45, 7) is 3.56. The van der Waals surface area contributed by atoms with Gasteiger partial charge >= 0.3 is 6.03 Å². The number of rotatable bonds is 6. The Balaban J connectivity index is 1.55. The van der Waals surface area contributed by atoms with Crippen LogP contribution in [0.5, 0.6) is 5.75 Å². The van der Waals surface area contributed by atoms with Crippen LogP contribution in [0.3, 0.4) is 0 Å². The highest BCUT2D eigenvalue weighted by molar-refractivity contribution is 5.73. The average Bonchev–Trinajstić information content (AvgIpc) is 2.51. The fourth-order valence-electron chi connectivity index (χ4n) is 2.72. The summed E-state index contributed by atoms with van der Waals surface area (Å²) in [5.41, 5.74) is 1.19. The Morgan fingerprint density at radius 3 is 2.77 bits per heavy atom. The van der Waals surface area contributed by atoms with E-state index in [0.717, 1.165) is 31.4 Å². The van der Waals surface area contributed by atoms with E-state index in [2.05, 4.69) is 10.6 Å². The van der Waals surface area contributed by atoms with Gasteiger partial charge in [-0.15, -0.1) is 0 Å². The minimum atomic E-state index is -0.202. The fraction of sp³-hybridized carbons (Fsp3) is 0.588. The lowest BCUT2D eigenvalue weighted by atomic mass is 9.87. The molecule has 2 rings (SSSR count). The lowest BCUT2D eigenvalue weighted by molar-refractivity contribution is 0.101. The molecule has 2 amide bonds. The summed E-state index contributed by atoms with van der Waals surface area (Å²) in [5, 5.41) is 15.2. The van der Waals surface area contributed by atoms with Crippen molar-refractivity contribution in [2.45, 2.75) is 38.7 Å². The quantitative estimate of drug-likeness (QED) is 0.706. The SMILES string of the molecule is Cc1ccc(OCCNC(=O)NCC2CCCC(O)C2)cc1. The molecule has 0 saturated heterocycles. The highest BCUT2D eigenvalue weighted by Gasteiger charge is 2.20. The molecule has 0 radical (unpaired) electrons. The van der Waals surface area contributed by atoms with Crippen LogP contribution in [0.1, 0.15) is 31.2 Å². The summed E-state index contributed by atoms with van der Waals surface area (Å²) in [4.78, 5) is 11.7. The van der Waals surface area contributed by atoms with Crippen molar-refractivity contribution in [2.75, 3.05) is 19.7 Å². The molecule has 3 N–H and O–H groups in total. The molecular weight excluding hydrogens is 280 g/mol. The number of benzene rings is 1. The van der Waals surface area contributed by atoms with Crippen LogP contribution < -0.4 is 15.4 Å². The summed E-state index contributed by atoms with van der Waals surface area (Å²) in [6, 6.07) is 7.66. The molecule has 2 atom stereocenters. The molecule has 0 bridgehead atoms. The Morgan fingerprint density at radius 1 is 1.27 bits per heavy atom. The Kier molecular flexibility index (Phi) is 6.52. The summed E-state index contributed by atoms with van der Waals surface area (Å²) in [6.07, 6.45) is 3.59. The van der Waals surface area contributed by atoms with E-state index in [0.29, 0.717) is 25.6 Å². The minimum Gasteiger partial charge on any atom is -0.492 e. The first kappa shape index (κ1) is 16.6. The zero-order valence-electron chi connectivity index (χ0n) is 13.2. The lowest BCUT2D eigenvalue weighted by Crippen LogP contribution is -2.41. The molecule has 5 heteroatoms. The number of urea groups is 1. The van der Waals surface area contributed by atoms with E-state index >= 15 is 0 Å². The molecule has 1 saturated carbocycles. The second kappa shape index (κ2) is 8.63. The first-order valence-electron chi connectivity index (χ1n) is 8.02. The molecule has 5 nitrogen and oxygen atoms in total. The number of ether oxygens (including phenoxy) is 1. The van der Waals surface area contributed by atoms with Gasteiger partial charge in [0.2, 0.25) is 0 Å². The summed E-state index contributed by atoms with van der Waals surface area (Å²) >= 11 is 0. The molecule has 1 aliphatic carbocycles. The summed E-state index contributed by atoms with van der Waals surface area (Å²) in [7, 11) is 0. The summed E-state index contributed by atoms with van der Waals surface area (Å²) < 4.78 is 5.54. The highest BCUT2D eigenvalue weighted by Crippen LogP contribution is 2.23. The molecule has 0 heterocycles. The fourth-order valence-corrected chi connectivity index (χ4v) is 2.72. The molecule has 1 aliphatic rings. The van der Waals surface area contributed by atoms with Crippen molar-refractivity contribution in [2.24, 2.45) is 5.92 Å². The highest BCUT2D eigenvalue weighted by atomic mass is 16.5. The first-order chi connectivity index (χ1) is 10.6. The van der Waals surface area contributed by atoms with Crippen molar-refractivity contribution in [1.29, 1.82) is 0 Å². The monoisotopic (exact) mass is 306 g/mol. The van der Waals surface area contributed by atoms with Gasteiger partial charge in [0.15, 0.2) is 0 Å². The Hall–Kier alpha value is -1.75. The predicted molar refractivity (Wildman–Crippen MR) is 86.0 cm³/mol. The summed E-state index contributed by atoms with van der Waals surface area (Å²) in [5.74, 6) is 1.20. The van der Waals surface area contributed by atoms with Gasteiger partial charge in [-0.2, -0.15) is 0 Å². The molecule has 22 heavy (non-hydrogen) atoms. The second-order valence-electron chi connectivity index (χ2n) is 5.98. The van der Waals surface area contributed by atoms with Crippen molar-refractivity contribution in [3.63, 3.8) is 0 Å². The van der Waals surface area contributed by atoms with Crippen LogP contribution in [-0.2, 0) is 0 Å². The van der Waals surface area contributed by atoms with Crippen molar-refractivity contribution < 1.29 is 14.6 Å². The van der Waals surface area contributed by atoms with Crippen LogP contribution in [0.15, 0.2) is 24.3 Å². The van der Waals surface area contributed by atoms with Gasteiger partial charge in [0.1, 0.15) is 12.4 Å². The Labute approximate surface area is 132 Å². The number of aryl methyl sites for hydroxylation is 1. The maximum absolute atomic E-state index is 11.7. The molecule has 0 spiro atoms. The number of hydrogen-bond donors (Lipinski definition) is 3. The predicted octanol–water partition coefficient (Wildman–Crippen LogP) is 2.22.